The maximum atomic E-state index is 13.6. The molecule has 0 saturated heterocycles. The standard InChI is InChI=1S/C15H14BrF2NO/c1-9(10-6-7-14(20-2)11(16)8-10)19-15-12(17)4-3-5-13(15)18/h3-9,19H,1-2H3. The van der Waals surface area contributed by atoms with Gasteiger partial charge in [-0.05, 0) is 52.7 Å². The summed E-state index contributed by atoms with van der Waals surface area (Å²) < 4.78 is 33.1. The molecule has 0 bridgehead atoms. The Balaban J connectivity index is 2.24. The van der Waals surface area contributed by atoms with Crippen molar-refractivity contribution in [3.63, 3.8) is 0 Å². The minimum atomic E-state index is -0.607. The fourth-order valence-electron chi connectivity index (χ4n) is 1.89. The van der Waals surface area contributed by atoms with Gasteiger partial charge in [0.15, 0.2) is 0 Å². The Labute approximate surface area is 124 Å². The quantitative estimate of drug-likeness (QED) is 0.853. The van der Waals surface area contributed by atoms with Crippen LogP contribution in [0.25, 0.3) is 0 Å². The van der Waals surface area contributed by atoms with E-state index >= 15 is 0 Å². The second-order valence-corrected chi connectivity index (χ2v) is 5.21. The zero-order chi connectivity index (χ0) is 14.7. The zero-order valence-electron chi connectivity index (χ0n) is 11.1. The number of ether oxygens (including phenoxy) is 1. The van der Waals surface area contributed by atoms with Crippen molar-refractivity contribution in [2.45, 2.75) is 13.0 Å². The molecule has 0 heterocycles. The van der Waals surface area contributed by atoms with Gasteiger partial charge in [0.05, 0.1) is 11.6 Å². The van der Waals surface area contributed by atoms with E-state index in [1.807, 2.05) is 19.1 Å². The smallest absolute Gasteiger partial charge is 0.149 e. The van der Waals surface area contributed by atoms with E-state index in [0.717, 1.165) is 10.0 Å². The molecule has 0 aliphatic rings. The van der Waals surface area contributed by atoms with Crippen molar-refractivity contribution >= 4 is 21.6 Å². The highest BCUT2D eigenvalue weighted by Crippen LogP contribution is 2.30. The summed E-state index contributed by atoms with van der Waals surface area (Å²) in [6.45, 7) is 1.83. The van der Waals surface area contributed by atoms with Crippen LogP contribution in [0.5, 0.6) is 5.75 Å². The molecule has 0 aliphatic carbocycles. The molecule has 1 N–H and O–H groups in total. The molecule has 2 rings (SSSR count). The van der Waals surface area contributed by atoms with E-state index in [-0.39, 0.29) is 11.7 Å². The van der Waals surface area contributed by atoms with Gasteiger partial charge < -0.3 is 10.1 Å². The van der Waals surface area contributed by atoms with Gasteiger partial charge in [0, 0.05) is 6.04 Å². The van der Waals surface area contributed by atoms with Crippen LogP contribution in [0.3, 0.4) is 0 Å². The van der Waals surface area contributed by atoms with Crippen LogP contribution < -0.4 is 10.1 Å². The van der Waals surface area contributed by atoms with Crippen LogP contribution in [0, 0.1) is 11.6 Å². The van der Waals surface area contributed by atoms with Crippen LogP contribution in [0.4, 0.5) is 14.5 Å². The number of benzene rings is 2. The average molecular weight is 342 g/mol. The van der Waals surface area contributed by atoms with E-state index in [9.17, 15) is 8.78 Å². The van der Waals surface area contributed by atoms with Crippen LogP contribution in [0.1, 0.15) is 18.5 Å². The molecular weight excluding hydrogens is 328 g/mol. The van der Waals surface area contributed by atoms with Crippen LogP contribution >= 0.6 is 15.9 Å². The van der Waals surface area contributed by atoms with E-state index in [4.69, 9.17) is 4.74 Å². The fraction of sp³-hybridized carbons (Fsp3) is 0.200. The molecular formula is C15H14BrF2NO. The molecule has 1 atom stereocenters. The molecule has 0 aromatic heterocycles. The first-order valence-electron chi connectivity index (χ1n) is 6.07. The number of rotatable bonds is 4. The van der Waals surface area contributed by atoms with Crippen LogP contribution in [-0.2, 0) is 0 Å². The Kier molecular flexibility index (Phi) is 4.60. The van der Waals surface area contributed by atoms with Gasteiger partial charge >= 0.3 is 0 Å². The molecule has 0 aliphatic heterocycles. The van der Waals surface area contributed by atoms with E-state index in [2.05, 4.69) is 21.2 Å². The van der Waals surface area contributed by atoms with Crippen LogP contribution in [-0.4, -0.2) is 7.11 Å². The van der Waals surface area contributed by atoms with Gasteiger partial charge in [-0.25, -0.2) is 8.78 Å². The molecule has 2 aromatic carbocycles. The van der Waals surface area contributed by atoms with Gasteiger partial charge in [-0.15, -0.1) is 0 Å². The largest absolute Gasteiger partial charge is 0.496 e. The van der Waals surface area contributed by atoms with Gasteiger partial charge in [-0.2, -0.15) is 0 Å². The lowest BCUT2D eigenvalue weighted by Gasteiger charge is -2.17. The SMILES string of the molecule is COc1ccc(C(C)Nc2c(F)cccc2F)cc1Br. The Morgan fingerprint density at radius 3 is 2.35 bits per heavy atom. The van der Waals surface area contributed by atoms with Crippen LogP contribution in [0.15, 0.2) is 40.9 Å². The number of anilines is 1. The van der Waals surface area contributed by atoms with E-state index in [0.29, 0.717) is 5.75 Å². The number of halogens is 3. The Morgan fingerprint density at radius 2 is 1.80 bits per heavy atom. The maximum Gasteiger partial charge on any atom is 0.149 e. The van der Waals surface area contributed by atoms with Gasteiger partial charge in [0.2, 0.25) is 0 Å². The van der Waals surface area contributed by atoms with Gasteiger partial charge in [0.1, 0.15) is 23.1 Å². The minimum Gasteiger partial charge on any atom is -0.496 e. The summed E-state index contributed by atoms with van der Waals surface area (Å²) in [6.07, 6.45) is 0. The molecule has 0 spiro atoms. The average Bonchev–Trinajstić information content (AvgIpc) is 2.42. The Bertz CT molecular complexity index is 599. The normalized spacial score (nSPS) is 12.1. The highest BCUT2D eigenvalue weighted by molar-refractivity contribution is 9.10. The fourth-order valence-corrected chi connectivity index (χ4v) is 2.45. The highest BCUT2D eigenvalue weighted by atomic mass is 79.9. The van der Waals surface area contributed by atoms with Gasteiger partial charge in [-0.1, -0.05) is 12.1 Å². The number of hydrogen-bond acceptors (Lipinski definition) is 2. The van der Waals surface area contributed by atoms with Crippen molar-refractivity contribution in [1.82, 2.24) is 0 Å². The summed E-state index contributed by atoms with van der Waals surface area (Å²) >= 11 is 3.39. The zero-order valence-corrected chi connectivity index (χ0v) is 12.7. The van der Waals surface area contributed by atoms with Crippen molar-refractivity contribution in [3.05, 3.63) is 58.1 Å². The monoisotopic (exact) mass is 341 g/mol. The first-order valence-corrected chi connectivity index (χ1v) is 6.86. The molecule has 2 nitrogen and oxygen atoms in total. The number of methoxy groups -OCH3 is 1. The third-order valence-corrected chi connectivity index (χ3v) is 3.62. The van der Waals surface area contributed by atoms with Gasteiger partial charge in [-0.3, -0.25) is 0 Å². The second-order valence-electron chi connectivity index (χ2n) is 4.36. The topological polar surface area (TPSA) is 21.3 Å². The molecule has 106 valence electrons. The molecule has 1 unspecified atom stereocenters. The first kappa shape index (κ1) is 14.8. The molecule has 2 aromatic rings. The van der Waals surface area contributed by atoms with Crippen molar-refractivity contribution in [2.24, 2.45) is 0 Å². The molecule has 20 heavy (non-hydrogen) atoms. The first-order chi connectivity index (χ1) is 9.52. The predicted molar refractivity (Wildman–Crippen MR) is 79.1 cm³/mol. The Hall–Kier alpha value is -1.62. The third-order valence-electron chi connectivity index (χ3n) is 3.00. The molecule has 0 amide bonds. The van der Waals surface area contributed by atoms with Crippen molar-refractivity contribution in [1.29, 1.82) is 0 Å². The lowest BCUT2D eigenvalue weighted by atomic mass is 10.1. The lowest BCUT2D eigenvalue weighted by molar-refractivity contribution is 0.412. The summed E-state index contributed by atoms with van der Waals surface area (Å²) in [6, 6.07) is 9.04. The lowest BCUT2D eigenvalue weighted by Crippen LogP contribution is -2.09. The minimum absolute atomic E-state index is 0.119. The number of nitrogens with one attached hydrogen (secondary N) is 1. The summed E-state index contributed by atoms with van der Waals surface area (Å²) in [5, 5.41) is 2.85. The molecule has 0 saturated carbocycles. The number of para-hydroxylation sites is 1. The van der Waals surface area contributed by atoms with Gasteiger partial charge in [0.25, 0.3) is 0 Å². The summed E-state index contributed by atoms with van der Waals surface area (Å²) in [5.41, 5.74) is 0.771. The summed E-state index contributed by atoms with van der Waals surface area (Å²) in [7, 11) is 1.58. The summed E-state index contributed by atoms with van der Waals surface area (Å²) in [5.74, 6) is -0.508. The molecule has 0 radical (unpaired) electrons. The highest BCUT2D eigenvalue weighted by Gasteiger charge is 2.13. The third kappa shape index (κ3) is 3.10. The second kappa shape index (κ2) is 6.22. The Morgan fingerprint density at radius 1 is 1.15 bits per heavy atom. The van der Waals surface area contributed by atoms with Crippen molar-refractivity contribution in [3.8, 4) is 5.75 Å². The van der Waals surface area contributed by atoms with Crippen LogP contribution in [0.2, 0.25) is 0 Å². The summed E-state index contributed by atoms with van der Waals surface area (Å²) in [4.78, 5) is 0. The van der Waals surface area contributed by atoms with Crippen molar-refractivity contribution < 1.29 is 13.5 Å². The van der Waals surface area contributed by atoms with E-state index < -0.39 is 11.6 Å². The molecule has 5 heteroatoms. The van der Waals surface area contributed by atoms with E-state index in [1.54, 1.807) is 13.2 Å². The predicted octanol–water partition coefficient (Wildman–Crippen LogP) is 4.91. The number of hydrogen-bond donors (Lipinski definition) is 1. The van der Waals surface area contributed by atoms with Crippen molar-refractivity contribution in [2.75, 3.05) is 12.4 Å². The molecule has 0 fully saturated rings. The van der Waals surface area contributed by atoms with E-state index in [1.165, 1.54) is 18.2 Å². The maximum absolute atomic E-state index is 13.6.